The number of aromatic nitrogens is 2. The molecule has 0 saturated heterocycles. The number of imidazole rings is 1. The largest absolute Gasteiger partial charge is 0.497 e. The second-order valence-electron chi connectivity index (χ2n) is 5.69. The van der Waals surface area contributed by atoms with E-state index in [1.807, 2.05) is 36.8 Å². The Bertz CT molecular complexity index is 651. The highest BCUT2D eigenvalue weighted by molar-refractivity contribution is 5.76. The molecule has 116 valence electrons. The highest BCUT2D eigenvalue weighted by Crippen LogP contribution is 2.16. The fourth-order valence-corrected chi connectivity index (χ4v) is 2.88. The number of carbonyl (C=O) groups excluding carboxylic acids is 1. The van der Waals surface area contributed by atoms with Gasteiger partial charge in [-0.2, -0.15) is 0 Å². The Hall–Kier alpha value is -2.30. The normalized spacial score (nSPS) is 16.9. The number of hydrogen-bond donors (Lipinski definition) is 1. The van der Waals surface area contributed by atoms with Gasteiger partial charge in [0.05, 0.1) is 13.4 Å². The van der Waals surface area contributed by atoms with E-state index in [2.05, 4.69) is 14.9 Å². The quantitative estimate of drug-likeness (QED) is 0.918. The minimum atomic E-state index is 0.112. The van der Waals surface area contributed by atoms with Crippen LogP contribution in [0.1, 0.15) is 24.1 Å². The van der Waals surface area contributed by atoms with Crippen LogP contribution >= 0.6 is 0 Å². The topological polar surface area (TPSA) is 56.1 Å². The third-order valence-corrected chi connectivity index (χ3v) is 4.11. The smallest absolute Gasteiger partial charge is 0.220 e. The second kappa shape index (κ2) is 6.64. The molecule has 1 aromatic heterocycles. The molecule has 1 aliphatic heterocycles. The van der Waals surface area contributed by atoms with Gasteiger partial charge in [-0.3, -0.25) is 4.79 Å². The van der Waals surface area contributed by atoms with E-state index >= 15 is 0 Å². The molecule has 1 aliphatic rings. The van der Waals surface area contributed by atoms with Crippen molar-refractivity contribution >= 4 is 5.91 Å². The SMILES string of the molecule is COc1cccc(CCC(=O)NC2CCn3cncc3C2)c1. The van der Waals surface area contributed by atoms with Gasteiger partial charge in [-0.05, 0) is 30.5 Å². The average molecular weight is 299 g/mol. The van der Waals surface area contributed by atoms with Crippen molar-refractivity contribution in [3.8, 4) is 5.75 Å². The second-order valence-corrected chi connectivity index (χ2v) is 5.69. The molecule has 3 rings (SSSR count). The van der Waals surface area contributed by atoms with Crippen LogP contribution in [0.15, 0.2) is 36.8 Å². The first kappa shape index (κ1) is 14.6. The number of nitrogens with zero attached hydrogens (tertiary/aromatic N) is 2. The highest BCUT2D eigenvalue weighted by Gasteiger charge is 2.19. The maximum Gasteiger partial charge on any atom is 0.220 e. The van der Waals surface area contributed by atoms with Crippen LogP contribution in [-0.4, -0.2) is 28.6 Å². The van der Waals surface area contributed by atoms with Gasteiger partial charge in [0.1, 0.15) is 5.75 Å². The molecule has 1 N–H and O–H groups in total. The molecule has 0 fully saturated rings. The summed E-state index contributed by atoms with van der Waals surface area (Å²) < 4.78 is 7.35. The van der Waals surface area contributed by atoms with Gasteiger partial charge in [0.25, 0.3) is 0 Å². The molecule has 0 aliphatic carbocycles. The zero-order valence-electron chi connectivity index (χ0n) is 12.8. The number of hydrogen-bond acceptors (Lipinski definition) is 3. The van der Waals surface area contributed by atoms with Crippen LogP contribution in [-0.2, 0) is 24.2 Å². The number of aryl methyl sites for hydroxylation is 2. The van der Waals surface area contributed by atoms with Crippen molar-refractivity contribution in [1.29, 1.82) is 0 Å². The van der Waals surface area contributed by atoms with E-state index in [0.29, 0.717) is 6.42 Å². The summed E-state index contributed by atoms with van der Waals surface area (Å²) in [6.07, 6.45) is 6.81. The predicted octanol–water partition coefficient (Wildman–Crippen LogP) is 1.96. The molecule has 0 saturated carbocycles. The molecule has 1 atom stereocenters. The molecule has 1 unspecified atom stereocenters. The van der Waals surface area contributed by atoms with E-state index in [4.69, 9.17) is 4.74 Å². The minimum absolute atomic E-state index is 0.112. The fraction of sp³-hybridized carbons (Fsp3) is 0.412. The maximum atomic E-state index is 12.1. The lowest BCUT2D eigenvalue weighted by molar-refractivity contribution is -0.121. The van der Waals surface area contributed by atoms with Crippen LogP contribution in [0.3, 0.4) is 0 Å². The number of rotatable bonds is 5. The van der Waals surface area contributed by atoms with E-state index in [9.17, 15) is 4.79 Å². The summed E-state index contributed by atoms with van der Waals surface area (Å²) in [5.74, 6) is 0.944. The minimum Gasteiger partial charge on any atom is -0.497 e. The highest BCUT2D eigenvalue weighted by atomic mass is 16.5. The number of carbonyl (C=O) groups is 1. The first-order valence-corrected chi connectivity index (χ1v) is 7.66. The molecule has 5 nitrogen and oxygen atoms in total. The molecular formula is C17H21N3O2. The molecule has 1 amide bonds. The maximum absolute atomic E-state index is 12.1. The molecule has 2 aromatic rings. The van der Waals surface area contributed by atoms with Crippen LogP contribution in [0.25, 0.3) is 0 Å². The van der Waals surface area contributed by atoms with Crippen LogP contribution in [0.5, 0.6) is 5.75 Å². The molecule has 1 aromatic carbocycles. The van der Waals surface area contributed by atoms with Gasteiger partial charge in [0.15, 0.2) is 0 Å². The van der Waals surface area contributed by atoms with Crippen molar-refractivity contribution in [1.82, 2.24) is 14.9 Å². The third-order valence-electron chi connectivity index (χ3n) is 4.11. The number of amides is 1. The Kier molecular flexibility index (Phi) is 4.42. The van der Waals surface area contributed by atoms with E-state index in [1.54, 1.807) is 7.11 Å². The lowest BCUT2D eigenvalue weighted by Crippen LogP contribution is -2.40. The molecule has 0 spiro atoms. The van der Waals surface area contributed by atoms with Crippen molar-refractivity contribution in [3.63, 3.8) is 0 Å². The zero-order valence-corrected chi connectivity index (χ0v) is 12.8. The van der Waals surface area contributed by atoms with E-state index in [-0.39, 0.29) is 11.9 Å². The lowest BCUT2D eigenvalue weighted by Gasteiger charge is -2.24. The summed E-state index contributed by atoms with van der Waals surface area (Å²) in [4.78, 5) is 16.3. The van der Waals surface area contributed by atoms with Crippen LogP contribution < -0.4 is 10.1 Å². The number of methoxy groups -OCH3 is 1. The summed E-state index contributed by atoms with van der Waals surface area (Å²) in [5, 5.41) is 3.14. The van der Waals surface area contributed by atoms with Crippen molar-refractivity contribution in [3.05, 3.63) is 48.0 Å². The summed E-state index contributed by atoms with van der Waals surface area (Å²) in [5.41, 5.74) is 2.32. The van der Waals surface area contributed by atoms with Gasteiger partial charge in [0, 0.05) is 37.3 Å². The van der Waals surface area contributed by atoms with Crippen LogP contribution in [0.4, 0.5) is 0 Å². The number of benzene rings is 1. The Morgan fingerprint density at radius 3 is 3.27 bits per heavy atom. The van der Waals surface area contributed by atoms with Crippen LogP contribution in [0.2, 0.25) is 0 Å². The number of ether oxygens (including phenoxy) is 1. The Balaban J connectivity index is 1.49. The summed E-state index contributed by atoms with van der Waals surface area (Å²) in [6, 6.07) is 8.09. The fourth-order valence-electron chi connectivity index (χ4n) is 2.88. The van der Waals surface area contributed by atoms with E-state index in [0.717, 1.165) is 37.1 Å². The molecular weight excluding hydrogens is 278 g/mol. The molecule has 0 radical (unpaired) electrons. The van der Waals surface area contributed by atoms with Crippen molar-refractivity contribution in [2.75, 3.05) is 7.11 Å². The van der Waals surface area contributed by atoms with Crippen molar-refractivity contribution < 1.29 is 9.53 Å². The van der Waals surface area contributed by atoms with E-state index < -0.39 is 0 Å². The van der Waals surface area contributed by atoms with Gasteiger partial charge in [-0.1, -0.05) is 12.1 Å². The first-order valence-electron chi connectivity index (χ1n) is 7.66. The van der Waals surface area contributed by atoms with Gasteiger partial charge in [-0.15, -0.1) is 0 Å². The lowest BCUT2D eigenvalue weighted by atomic mass is 10.0. The molecule has 0 bridgehead atoms. The van der Waals surface area contributed by atoms with Gasteiger partial charge in [-0.25, -0.2) is 4.98 Å². The summed E-state index contributed by atoms with van der Waals surface area (Å²) >= 11 is 0. The van der Waals surface area contributed by atoms with Crippen molar-refractivity contribution in [2.45, 2.75) is 38.3 Å². The molecule has 2 heterocycles. The Morgan fingerprint density at radius 2 is 2.41 bits per heavy atom. The standard InChI is InChI=1S/C17H21N3O2/c1-22-16-4-2-3-13(9-16)5-6-17(21)19-14-7-8-20-12-18-11-15(20)10-14/h2-4,9,11-12,14H,5-8,10H2,1H3,(H,19,21). The molecule has 5 heteroatoms. The Labute approximate surface area is 130 Å². The van der Waals surface area contributed by atoms with Gasteiger partial charge in [0.2, 0.25) is 5.91 Å². The first-order chi connectivity index (χ1) is 10.7. The van der Waals surface area contributed by atoms with Gasteiger partial charge >= 0.3 is 0 Å². The van der Waals surface area contributed by atoms with Gasteiger partial charge < -0.3 is 14.6 Å². The monoisotopic (exact) mass is 299 g/mol. The van der Waals surface area contributed by atoms with Crippen molar-refractivity contribution in [2.24, 2.45) is 0 Å². The third kappa shape index (κ3) is 3.47. The molecule has 22 heavy (non-hydrogen) atoms. The average Bonchev–Trinajstić information content (AvgIpc) is 3.01. The number of fused-ring (bicyclic) bond motifs is 1. The van der Waals surface area contributed by atoms with Crippen LogP contribution in [0, 0.1) is 0 Å². The number of nitrogens with one attached hydrogen (secondary N) is 1. The summed E-state index contributed by atoms with van der Waals surface area (Å²) in [7, 11) is 1.65. The van der Waals surface area contributed by atoms with E-state index in [1.165, 1.54) is 5.69 Å². The predicted molar refractivity (Wildman–Crippen MR) is 83.8 cm³/mol. The Morgan fingerprint density at radius 1 is 1.50 bits per heavy atom. The zero-order chi connectivity index (χ0) is 15.4. The summed E-state index contributed by atoms with van der Waals surface area (Å²) in [6.45, 7) is 0.927.